The summed E-state index contributed by atoms with van der Waals surface area (Å²) < 4.78 is 63.7. The van der Waals surface area contributed by atoms with Crippen LogP contribution in [0.25, 0.3) is 11.1 Å². The van der Waals surface area contributed by atoms with E-state index in [4.69, 9.17) is 0 Å². The summed E-state index contributed by atoms with van der Waals surface area (Å²) in [4.78, 5) is 0. The van der Waals surface area contributed by atoms with Crippen molar-refractivity contribution in [1.82, 2.24) is 0 Å². The van der Waals surface area contributed by atoms with Crippen LogP contribution in [0.4, 0.5) is 13.2 Å². The average molecular weight is 446 g/mol. The van der Waals surface area contributed by atoms with Gasteiger partial charge in [-0.1, -0.05) is 30.0 Å². The third-order valence-electron chi connectivity index (χ3n) is 3.55. The molecule has 0 heterocycles. The van der Waals surface area contributed by atoms with Crippen LogP contribution in [0.3, 0.4) is 0 Å². The summed E-state index contributed by atoms with van der Waals surface area (Å²) in [7, 11) is -5.68. The number of alkyl halides is 3. The smallest absolute Gasteiger partial charge is 0.376 e. The largest absolute Gasteiger partial charge is 0.534 e. The van der Waals surface area contributed by atoms with Gasteiger partial charge in [0.2, 0.25) is 0 Å². The molecule has 0 aromatic heterocycles. The van der Waals surface area contributed by atoms with Crippen molar-refractivity contribution >= 4 is 10.1 Å². The summed E-state index contributed by atoms with van der Waals surface area (Å²) in [5, 5.41) is 0. The zero-order valence-corrected chi connectivity index (χ0v) is 17.6. The minimum Gasteiger partial charge on any atom is -0.376 e. The van der Waals surface area contributed by atoms with E-state index in [0.29, 0.717) is 11.1 Å². The van der Waals surface area contributed by atoms with Crippen LogP contribution in [0.2, 0.25) is 0 Å². The molecule has 2 aromatic rings. The number of benzene rings is 2. The topological polar surface area (TPSA) is 43.4 Å². The van der Waals surface area contributed by atoms with Crippen molar-refractivity contribution in [3.05, 3.63) is 53.1 Å². The van der Waals surface area contributed by atoms with E-state index < -0.39 is 15.6 Å². The number of hydrogen-bond acceptors (Lipinski definition) is 3. The molecule has 0 saturated carbocycles. The molecule has 0 saturated heterocycles. The molecule has 0 unspecified atom stereocenters. The van der Waals surface area contributed by atoms with Crippen molar-refractivity contribution in [2.75, 3.05) is 0 Å². The molecule has 0 atom stereocenters. The van der Waals surface area contributed by atoms with Crippen LogP contribution >= 0.6 is 0 Å². The molecule has 133 valence electrons. The zero-order chi connectivity index (χ0) is 18.1. The minimum absolute atomic E-state index is 0. The summed E-state index contributed by atoms with van der Waals surface area (Å²) in [6.07, 6.45) is 0.872. The van der Waals surface area contributed by atoms with Crippen molar-refractivity contribution in [2.24, 2.45) is 0 Å². The molecular formula is C17H16F3O3SY-. The molecule has 0 N–H and O–H groups in total. The monoisotopic (exact) mass is 446 g/mol. The van der Waals surface area contributed by atoms with Crippen LogP contribution in [0.1, 0.15) is 23.6 Å². The van der Waals surface area contributed by atoms with Gasteiger partial charge in [0.1, 0.15) is 5.75 Å². The Morgan fingerprint density at radius 2 is 1.68 bits per heavy atom. The van der Waals surface area contributed by atoms with Gasteiger partial charge >= 0.3 is 15.6 Å². The van der Waals surface area contributed by atoms with Gasteiger partial charge in [0.05, 0.1) is 0 Å². The molecule has 2 aromatic carbocycles. The first kappa shape index (κ1) is 22.1. The summed E-state index contributed by atoms with van der Waals surface area (Å²) in [5.41, 5.74) is -1.57. The Morgan fingerprint density at radius 3 is 2.08 bits per heavy atom. The Hall–Kier alpha value is -0.916. The summed E-state index contributed by atoms with van der Waals surface area (Å²) >= 11 is 0. The maximum atomic E-state index is 12.4. The summed E-state index contributed by atoms with van der Waals surface area (Å²) in [5.74, 6) is -0.365. The Balaban J connectivity index is 0.00000312. The van der Waals surface area contributed by atoms with E-state index in [1.54, 1.807) is 13.8 Å². The van der Waals surface area contributed by atoms with Crippen LogP contribution in [-0.2, 0) is 49.2 Å². The molecule has 0 amide bonds. The van der Waals surface area contributed by atoms with Gasteiger partial charge in [0.25, 0.3) is 0 Å². The van der Waals surface area contributed by atoms with Crippen LogP contribution in [-0.4, -0.2) is 13.9 Å². The van der Waals surface area contributed by atoms with Crippen molar-refractivity contribution in [1.29, 1.82) is 0 Å². The predicted octanol–water partition coefficient (Wildman–Crippen LogP) is 4.56. The normalized spacial score (nSPS) is 11.8. The fourth-order valence-electron chi connectivity index (χ4n) is 2.40. The maximum absolute atomic E-state index is 12.4. The molecular weight excluding hydrogens is 430 g/mol. The standard InChI is InChI=1S/C17H16F3O3S.Y/c1-4-13-5-7-14(8-6-13)16-11(2)9-15(10-12(16)3)23-24(21,22)17(18,19)20;/h5-7,9-10H,4H2,1-3H3;/q-1;. The Morgan fingerprint density at radius 1 is 1.12 bits per heavy atom. The SMILES string of the molecule is CCc1c[c-]c(-c2c(C)cc(OS(=O)(=O)C(F)(F)F)cc2C)cc1.[Y]. The quantitative estimate of drug-likeness (QED) is 0.393. The average Bonchev–Trinajstić information content (AvgIpc) is 2.45. The molecule has 1 radical (unpaired) electrons. The van der Waals surface area contributed by atoms with E-state index in [-0.39, 0.29) is 38.5 Å². The molecule has 0 aliphatic rings. The minimum atomic E-state index is -5.68. The first-order chi connectivity index (χ1) is 11.0. The number of hydrogen-bond donors (Lipinski definition) is 0. The van der Waals surface area contributed by atoms with Gasteiger partial charge in [-0.25, -0.2) is 0 Å². The van der Waals surface area contributed by atoms with Gasteiger partial charge in [0, 0.05) is 32.7 Å². The van der Waals surface area contributed by atoms with Crippen LogP contribution in [0.15, 0.2) is 30.3 Å². The maximum Gasteiger partial charge on any atom is 0.534 e. The second-order valence-corrected chi connectivity index (χ2v) is 6.92. The van der Waals surface area contributed by atoms with Gasteiger partial charge in [-0.15, -0.1) is 35.4 Å². The van der Waals surface area contributed by atoms with Crippen molar-refractivity contribution < 1.29 is 58.5 Å². The third kappa shape index (κ3) is 5.05. The second kappa shape index (κ2) is 8.19. The number of halogens is 3. The predicted molar refractivity (Wildman–Crippen MR) is 85.2 cm³/mol. The molecule has 0 fully saturated rings. The van der Waals surface area contributed by atoms with Crippen LogP contribution < -0.4 is 4.18 Å². The molecule has 0 spiro atoms. The van der Waals surface area contributed by atoms with Gasteiger partial charge in [0.15, 0.2) is 0 Å². The van der Waals surface area contributed by atoms with Crippen molar-refractivity contribution in [3.8, 4) is 16.9 Å². The third-order valence-corrected chi connectivity index (χ3v) is 4.53. The molecule has 25 heavy (non-hydrogen) atoms. The van der Waals surface area contributed by atoms with Crippen molar-refractivity contribution in [2.45, 2.75) is 32.7 Å². The van der Waals surface area contributed by atoms with E-state index in [1.807, 2.05) is 25.1 Å². The van der Waals surface area contributed by atoms with E-state index in [0.717, 1.165) is 23.1 Å². The Bertz CT molecular complexity index is 821. The molecule has 8 heteroatoms. The molecule has 0 aliphatic heterocycles. The molecule has 2 rings (SSSR count). The van der Waals surface area contributed by atoms with E-state index in [1.165, 1.54) is 12.1 Å². The Kier molecular flexibility index (Phi) is 7.25. The van der Waals surface area contributed by atoms with E-state index >= 15 is 0 Å². The molecule has 0 bridgehead atoms. The second-order valence-electron chi connectivity index (χ2n) is 5.38. The fraction of sp³-hybridized carbons (Fsp3) is 0.294. The van der Waals surface area contributed by atoms with E-state index in [2.05, 4.69) is 10.2 Å². The molecule has 0 aliphatic carbocycles. The molecule has 3 nitrogen and oxygen atoms in total. The van der Waals surface area contributed by atoms with Gasteiger partial charge in [-0.2, -0.15) is 21.6 Å². The van der Waals surface area contributed by atoms with Gasteiger partial charge in [-0.05, 0) is 26.0 Å². The van der Waals surface area contributed by atoms with Crippen molar-refractivity contribution in [3.63, 3.8) is 0 Å². The summed E-state index contributed by atoms with van der Waals surface area (Å²) in [6, 6.07) is 11.4. The Labute approximate surface area is 170 Å². The van der Waals surface area contributed by atoms with Gasteiger partial charge < -0.3 is 4.18 Å². The van der Waals surface area contributed by atoms with Crippen LogP contribution in [0.5, 0.6) is 5.75 Å². The zero-order valence-electron chi connectivity index (χ0n) is 13.9. The first-order valence-corrected chi connectivity index (χ1v) is 8.59. The number of aryl methyl sites for hydroxylation is 3. The van der Waals surface area contributed by atoms with Gasteiger partial charge in [-0.3, -0.25) is 0 Å². The first-order valence-electron chi connectivity index (χ1n) is 7.18. The van der Waals surface area contributed by atoms with E-state index in [9.17, 15) is 21.6 Å². The summed E-state index contributed by atoms with van der Waals surface area (Å²) in [6.45, 7) is 5.38. The van der Waals surface area contributed by atoms with Crippen LogP contribution in [0, 0.1) is 19.9 Å². The number of rotatable bonds is 4. The fourth-order valence-corrected chi connectivity index (χ4v) is 2.85.